The molecule has 10 heavy (non-hydrogen) atoms. The Hall–Kier alpha value is -0.510. The first-order valence-electron chi connectivity index (χ1n) is 4.18. The van der Waals surface area contributed by atoms with Crippen molar-refractivity contribution in [3.05, 3.63) is 0 Å². The van der Waals surface area contributed by atoms with Crippen molar-refractivity contribution < 1.29 is 0 Å². The third-order valence-corrected chi connectivity index (χ3v) is 1.27. The molecule has 1 heteroatoms. The van der Waals surface area contributed by atoms with Gasteiger partial charge in [-0.2, -0.15) is 5.26 Å². The van der Waals surface area contributed by atoms with Crippen molar-refractivity contribution in [3.8, 4) is 6.07 Å². The maximum absolute atomic E-state index is 8.22. The maximum Gasteiger partial charge on any atom is 0.0686 e. The van der Waals surface area contributed by atoms with Gasteiger partial charge in [-0.25, -0.2) is 0 Å². The number of nitrogens with zero attached hydrogens (tertiary/aromatic N) is 1. The van der Waals surface area contributed by atoms with Crippen LogP contribution in [0, 0.1) is 16.7 Å². The third kappa shape index (κ3) is 5.62. The van der Waals surface area contributed by atoms with Crippen molar-refractivity contribution in [2.24, 2.45) is 5.41 Å². The Labute approximate surface area is 65.1 Å². The summed E-state index contributed by atoms with van der Waals surface area (Å²) in [6.07, 6.45) is 2.23. The molecule has 0 aromatic heterocycles. The average Bonchev–Trinajstić information content (AvgIpc) is 2.77. The van der Waals surface area contributed by atoms with Gasteiger partial charge in [0.2, 0.25) is 0 Å². The smallest absolute Gasteiger partial charge is 0.0686 e. The Kier molecular flexibility index (Phi) is 8.06. The molecule has 1 rings (SSSR count). The third-order valence-electron chi connectivity index (χ3n) is 1.27. The first-order chi connectivity index (χ1) is 4.77. The van der Waals surface area contributed by atoms with E-state index in [-0.39, 0.29) is 5.41 Å². The van der Waals surface area contributed by atoms with Crippen LogP contribution in [0.2, 0.25) is 0 Å². The van der Waals surface area contributed by atoms with Crippen molar-refractivity contribution >= 4 is 0 Å². The zero-order chi connectivity index (χ0) is 8.62. The van der Waals surface area contributed by atoms with Gasteiger partial charge in [-0.05, 0) is 19.8 Å². The Morgan fingerprint density at radius 1 is 1.10 bits per heavy atom. The molecule has 0 radical (unpaired) electrons. The summed E-state index contributed by atoms with van der Waals surface area (Å²) >= 11 is 0. The molecule has 0 heterocycles. The van der Waals surface area contributed by atoms with Crippen LogP contribution < -0.4 is 0 Å². The Balaban J connectivity index is 0. The zero-order valence-electron chi connectivity index (χ0n) is 7.86. The van der Waals surface area contributed by atoms with Gasteiger partial charge >= 0.3 is 0 Å². The van der Waals surface area contributed by atoms with Crippen LogP contribution in [-0.4, -0.2) is 0 Å². The van der Waals surface area contributed by atoms with E-state index in [1.807, 2.05) is 34.6 Å². The van der Waals surface area contributed by atoms with Crippen LogP contribution in [0.1, 0.15) is 47.5 Å². The minimum absolute atomic E-state index is 0.0972. The Bertz CT molecular complexity index is 95.8. The first-order valence-corrected chi connectivity index (χ1v) is 4.18. The van der Waals surface area contributed by atoms with Crippen molar-refractivity contribution in [1.29, 1.82) is 5.26 Å². The summed E-state index contributed by atoms with van der Waals surface area (Å²) in [5, 5.41) is 8.22. The van der Waals surface area contributed by atoms with E-state index < -0.39 is 0 Å². The molecule has 1 saturated carbocycles. The molecule has 0 amide bonds. The summed E-state index contributed by atoms with van der Waals surface area (Å²) in [6, 6.07) is 2.22. The molecule has 1 aliphatic carbocycles. The predicted molar refractivity (Wildman–Crippen MR) is 45.7 cm³/mol. The van der Waals surface area contributed by atoms with Crippen LogP contribution in [0.3, 0.4) is 0 Å². The van der Waals surface area contributed by atoms with Crippen LogP contribution in [0.25, 0.3) is 0 Å². The second kappa shape index (κ2) is 6.61. The average molecular weight is 141 g/mol. The maximum atomic E-state index is 8.22. The Morgan fingerprint density at radius 2 is 1.40 bits per heavy atom. The fourth-order valence-electron chi connectivity index (χ4n) is 0.299. The van der Waals surface area contributed by atoms with Gasteiger partial charge in [0.15, 0.2) is 0 Å². The standard InChI is InChI=1S/C5H7N.2C2H6/c1-5(4-6)2-3-5;2*1-2/h2-3H2,1H3;2*1-2H3. The minimum atomic E-state index is 0.0972. The van der Waals surface area contributed by atoms with E-state index in [1.165, 1.54) is 0 Å². The highest BCUT2D eigenvalue weighted by atomic mass is 14.4. The zero-order valence-corrected chi connectivity index (χ0v) is 7.86. The molecule has 1 aliphatic rings. The minimum Gasteiger partial charge on any atom is -0.198 e. The van der Waals surface area contributed by atoms with Gasteiger partial charge in [-0.15, -0.1) is 0 Å². The molecule has 60 valence electrons. The van der Waals surface area contributed by atoms with Crippen LogP contribution in [-0.2, 0) is 0 Å². The lowest BCUT2D eigenvalue weighted by atomic mass is 10.2. The van der Waals surface area contributed by atoms with Gasteiger partial charge in [0.25, 0.3) is 0 Å². The molecule has 0 aliphatic heterocycles. The van der Waals surface area contributed by atoms with E-state index in [0.717, 1.165) is 12.8 Å². The molecule has 0 aromatic carbocycles. The monoisotopic (exact) mass is 141 g/mol. The first kappa shape index (κ1) is 12.2. The largest absolute Gasteiger partial charge is 0.198 e. The van der Waals surface area contributed by atoms with Gasteiger partial charge in [-0.3, -0.25) is 0 Å². The van der Waals surface area contributed by atoms with E-state index in [1.54, 1.807) is 0 Å². The van der Waals surface area contributed by atoms with Gasteiger partial charge in [0.1, 0.15) is 0 Å². The lowest BCUT2D eigenvalue weighted by molar-refractivity contribution is 0.767. The van der Waals surface area contributed by atoms with E-state index in [2.05, 4.69) is 6.07 Å². The molecular weight excluding hydrogens is 122 g/mol. The highest BCUT2D eigenvalue weighted by Gasteiger charge is 2.36. The highest BCUT2D eigenvalue weighted by Crippen LogP contribution is 2.43. The predicted octanol–water partition coefficient (Wildman–Crippen LogP) is 3.36. The summed E-state index contributed by atoms with van der Waals surface area (Å²) in [7, 11) is 0. The van der Waals surface area contributed by atoms with Crippen LogP contribution in [0.5, 0.6) is 0 Å². The van der Waals surface area contributed by atoms with Gasteiger partial charge in [-0.1, -0.05) is 27.7 Å². The lowest BCUT2D eigenvalue weighted by Crippen LogP contribution is -1.81. The van der Waals surface area contributed by atoms with E-state index in [0.29, 0.717) is 0 Å². The fourth-order valence-corrected chi connectivity index (χ4v) is 0.299. The second-order valence-electron chi connectivity index (χ2n) is 2.17. The van der Waals surface area contributed by atoms with Crippen LogP contribution >= 0.6 is 0 Å². The molecule has 0 N–H and O–H groups in total. The topological polar surface area (TPSA) is 23.8 Å². The summed E-state index contributed by atoms with van der Waals surface area (Å²) < 4.78 is 0. The number of rotatable bonds is 0. The number of hydrogen-bond acceptors (Lipinski definition) is 1. The molecule has 0 spiro atoms. The van der Waals surface area contributed by atoms with Crippen molar-refractivity contribution in [2.45, 2.75) is 47.5 Å². The quantitative estimate of drug-likeness (QED) is 0.507. The summed E-state index contributed by atoms with van der Waals surface area (Å²) in [5.41, 5.74) is 0.0972. The van der Waals surface area contributed by atoms with E-state index in [4.69, 9.17) is 5.26 Å². The summed E-state index contributed by atoms with van der Waals surface area (Å²) in [6.45, 7) is 9.99. The highest BCUT2D eigenvalue weighted by molar-refractivity contribution is 5.06. The van der Waals surface area contributed by atoms with Gasteiger partial charge < -0.3 is 0 Å². The second-order valence-corrected chi connectivity index (χ2v) is 2.17. The molecule has 0 unspecified atom stereocenters. The molecule has 0 atom stereocenters. The summed E-state index contributed by atoms with van der Waals surface area (Å²) in [4.78, 5) is 0. The number of hydrogen-bond donors (Lipinski definition) is 0. The van der Waals surface area contributed by atoms with E-state index >= 15 is 0 Å². The molecule has 0 bridgehead atoms. The normalized spacial score (nSPS) is 16.4. The molecule has 0 aromatic rings. The van der Waals surface area contributed by atoms with Crippen molar-refractivity contribution in [2.75, 3.05) is 0 Å². The molecular formula is C9H19N. The number of nitriles is 1. The molecule has 1 nitrogen and oxygen atoms in total. The SMILES string of the molecule is CC.CC.CC1(C#N)CC1. The van der Waals surface area contributed by atoms with Crippen molar-refractivity contribution in [3.63, 3.8) is 0 Å². The van der Waals surface area contributed by atoms with Gasteiger partial charge in [0, 0.05) is 0 Å². The van der Waals surface area contributed by atoms with Crippen LogP contribution in [0.4, 0.5) is 0 Å². The van der Waals surface area contributed by atoms with Crippen LogP contribution in [0.15, 0.2) is 0 Å². The van der Waals surface area contributed by atoms with E-state index in [9.17, 15) is 0 Å². The fraction of sp³-hybridized carbons (Fsp3) is 0.889. The van der Waals surface area contributed by atoms with Crippen molar-refractivity contribution in [1.82, 2.24) is 0 Å². The van der Waals surface area contributed by atoms with Gasteiger partial charge in [0.05, 0.1) is 11.5 Å². The molecule has 1 fully saturated rings. The molecule has 0 saturated heterocycles. The lowest BCUT2D eigenvalue weighted by Gasteiger charge is -1.82. The Morgan fingerprint density at radius 3 is 1.40 bits per heavy atom. The summed E-state index contributed by atoms with van der Waals surface area (Å²) in [5.74, 6) is 0.